The Labute approximate surface area is 122 Å². The molecule has 20 heavy (non-hydrogen) atoms. The number of hydrogen-bond acceptors (Lipinski definition) is 4. The van der Waals surface area contributed by atoms with Crippen LogP contribution in [0.5, 0.6) is 0 Å². The number of nitrogens with zero attached hydrogens (tertiary/aromatic N) is 2. The summed E-state index contributed by atoms with van der Waals surface area (Å²) in [6, 6.07) is 0. The maximum Gasteiger partial charge on any atom is 0.191 e. The summed E-state index contributed by atoms with van der Waals surface area (Å²) in [5.41, 5.74) is 0. The fourth-order valence-corrected chi connectivity index (χ4v) is 2.22. The van der Waals surface area contributed by atoms with Gasteiger partial charge in [0.05, 0.1) is 19.8 Å². The van der Waals surface area contributed by atoms with Crippen LogP contribution in [0, 0.1) is 0 Å². The highest BCUT2D eigenvalue weighted by Gasteiger charge is 2.09. The fourth-order valence-electron chi connectivity index (χ4n) is 2.22. The molecule has 1 fully saturated rings. The molecule has 1 saturated heterocycles. The second-order valence-electron chi connectivity index (χ2n) is 4.93. The summed E-state index contributed by atoms with van der Waals surface area (Å²) in [5, 5.41) is 6.57. The first-order valence-corrected chi connectivity index (χ1v) is 7.60. The zero-order valence-electron chi connectivity index (χ0n) is 13.0. The molecule has 1 aliphatic rings. The summed E-state index contributed by atoms with van der Waals surface area (Å²) in [5.74, 6) is 0.845. The van der Waals surface area contributed by atoms with E-state index in [4.69, 9.17) is 9.47 Å². The van der Waals surface area contributed by atoms with Crippen LogP contribution in [0.1, 0.15) is 19.3 Å². The van der Waals surface area contributed by atoms with Gasteiger partial charge in [0.15, 0.2) is 5.96 Å². The first-order valence-electron chi connectivity index (χ1n) is 7.60. The average Bonchev–Trinajstić information content (AvgIpc) is 2.50. The summed E-state index contributed by atoms with van der Waals surface area (Å²) in [6.45, 7) is 7.20. The van der Waals surface area contributed by atoms with Gasteiger partial charge in [0.1, 0.15) is 0 Å². The van der Waals surface area contributed by atoms with E-state index in [9.17, 15) is 0 Å². The van der Waals surface area contributed by atoms with Crippen LogP contribution in [-0.4, -0.2) is 77.6 Å². The number of aliphatic imine (C=N–C) groups is 1. The normalized spacial score (nSPS) is 17.2. The summed E-state index contributed by atoms with van der Waals surface area (Å²) in [6.07, 6.45) is 4.06. The Hall–Kier alpha value is -0.850. The molecule has 1 aliphatic heterocycles. The van der Waals surface area contributed by atoms with Gasteiger partial charge in [0.25, 0.3) is 0 Å². The SMILES string of the molecule is CN=C(NCCOCCOC)NCCN1CCCCC1. The van der Waals surface area contributed by atoms with Crippen molar-refractivity contribution in [3.8, 4) is 0 Å². The number of ether oxygens (including phenoxy) is 2. The Bertz CT molecular complexity index is 256. The van der Waals surface area contributed by atoms with Gasteiger partial charge in [0.2, 0.25) is 0 Å². The van der Waals surface area contributed by atoms with Crippen molar-refractivity contribution in [2.45, 2.75) is 19.3 Å². The molecule has 2 N–H and O–H groups in total. The summed E-state index contributed by atoms with van der Waals surface area (Å²) in [7, 11) is 3.47. The van der Waals surface area contributed by atoms with Crippen LogP contribution >= 0.6 is 0 Å². The molecule has 0 amide bonds. The van der Waals surface area contributed by atoms with E-state index in [2.05, 4.69) is 20.5 Å². The third-order valence-corrected chi connectivity index (χ3v) is 3.36. The van der Waals surface area contributed by atoms with E-state index in [1.165, 1.54) is 32.4 Å². The predicted molar refractivity (Wildman–Crippen MR) is 82.4 cm³/mol. The molecule has 0 atom stereocenters. The lowest BCUT2D eigenvalue weighted by Gasteiger charge is -2.26. The minimum atomic E-state index is 0.638. The third kappa shape index (κ3) is 8.35. The molecule has 0 aromatic heterocycles. The van der Waals surface area contributed by atoms with E-state index in [1.54, 1.807) is 14.2 Å². The van der Waals surface area contributed by atoms with Gasteiger partial charge in [-0.2, -0.15) is 0 Å². The molecular weight excluding hydrogens is 256 g/mol. The molecule has 1 rings (SSSR count). The number of methoxy groups -OCH3 is 1. The van der Waals surface area contributed by atoms with Gasteiger partial charge in [-0.3, -0.25) is 4.99 Å². The second kappa shape index (κ2) is 11.9. The largest absolute Gasteiger partial charge is 0.382 e. The molecule has 1 heterocycles. The second-order valence-corrected chi connectivity index (χ2v) is 4.93. The topological polar surface area (TPSA) is 58.1 Å². The lowest BCUT2D eigenvalue weighted by atomic mass is 10.1. The molecule has 6 nitrogen and oxygen atoms in total. The maximum atomic E-state index is 5.39. The van der Waals surface area contributed by atoms with Crippen LogP contribution in [0.3, 0.4) is 0 Å². The summed E-state index contributed by atoms with van der Waals surface area (Å²) >= 11 is 0. The van der Waals surface area contributed by atoms with Crippen LogP contribution < -0.4 is 10.6 Å². The van der Waals surface area contributed by atoms with Gasteiger partial charge in [-0.15, -0.1) is 0 Å². The quantitative estimate of drug-likeness (QED) is 0.363. The van der Waals surface area contributed by atoms with E-state index >= 15 is 0 Å². The van der Waals surface area contributed by atoms with E-state index in [1.807, 2.05) is 0 Å². The van der Waals surface area contributed by atoms with Crippen molar-refractivity contribution in [1.29, 1.82) is 0 Å². The lowest BCUT2D eigenvalue weighted by Crippen LogP contribution is -2.43. The number of guanidine groups is 1. The number of hydrogen-bond donors (Lipinski definition) is 2. The highest BCUT2D eigenvalue weighted by Crippen LogP contribution is 2.07. The van der Waals surface area contributed by atoms with Crippen LogP contribution in [0.25, 0.3) is 0 Å². The van der Waals surface area contributed by atoms with Gasteiger partial charge in [-0.25, -0.2) is 0 Å². The summed E-state index contributed by atoms with van der Waals surface area (Å²) in [4.78, 5) is 6.71. The lowest BCUT2D eigenvalue weighted by molar-refractivity contribution is 0.0733. The van der Waals surface area contributed by atoms with Crippen molar-refractivity contribution in [2.75, 3.05) is 66.7 Å². The molecule has 0 radical (unpaired) electrons. The molecule has 6 heteroatoms. The number of rotatable bonds is 9. The number of nitrogens with one attached hydrogen (secondary N) is 2. The third-order valence-electron chi connectivity index (χ3n) is 3.36. The highest BCUT2D eigenvalue weighted by atomic mass is 16.5. The van der Waals surface area contributed by atoms with Crippen LogP contribution in [-0.2, 0) is 9.47 Å². The Morgan fingerprint density at radius 1 is 1.05 bits per heavy atom. The van der Waals surface area contributed by atoms with Crippen molar-refractivity contribution in [3.05, 3.63) is 0 Å². The van der Waals surface area contributed by atoms with E-state index in [0.29, 0.717) is 19.8 Å². The molecule has 0 aromatic rings. The Balaban J connectivity index is 1.98. The maximum absolute atomic E-state index is 5.39. The average molecular weight is 286 g/mol. The van der Waals surface area contributed by atoms with Crippen molar-refractivity contribution in [3.63, 3.8) is 0 Å². The van der Waals surface area contributed by atoms with E-state index < -0.39 is 0 Å². The van der Waals surface area contributed by atoms with Crippen molar-refractivity contribution in [2.24, 2.45) is 4.99 Å². The Kier molecular flexibility index (Phi) is 10.3. The molecule has 0 aliphatic carbocycles. The van der Waals surface area contributed by atoms with E-state index in [0.717, 1.165) is 25.6 Å². The molecule has 118 valence electrons. The van der Waals surface area contributed by atoms with Crippen LogP contribution in [0.15, 0.2) is 4.99 Å². The van der Waals surface area contributed by atoms with Gasteiger partial charge in [-0.05, 0) is 25.9 Å². The highest BCUT2D eigenvalue weighted by molar-refractivity contribution is 5.79. The van der Waals surface area contributed by atoms with Gasteiger partial charge < -0.3 is 25.0 Å². The van der Waals surface area contributed by atoms with Crippen molar-refractivity contribution >= 4 is 5.96 Å². The fraction of sp³-hybridized carbons (Fsp3) is 0.929. The predicted octanol–water partition coefficient (Wildman–Crippen LogP) is 0.300. The first-order chi connectivity index (χ1) is 9.86. The molecule has 0 aromatic carbocycles. The zero-order chi connectivity index (χ0) is 14.5. The van der Waals surface area contributed by atoms with Gasteiger partial charge in [0, 0.05) is 33.8 Å². The standard InChI is InChI=1S/C14H30N4O2/c1-15-14(17-7-11-20-13-12-19-2)16-6-10-18-8-4-3-5-9-18/h3-13H2,1-2H3,(H2,15,16,17). The summed E-state index contributed by atoms with van der Waals surface area (Å²) < 4.78 is 10.3. The monoisotopic (exact) mass is 286 g/mol. The first kappa shape index (κ1) is 17.2. The number of likely N-dealkylation sites (tertiary alicyclic amines) is 1. The van der Waals surface area contributed by atoms with Gasteiger partial charge in [-0.1, -0.05) is 6.42 Å². The molecular formula is C14H30N4O2. The Morgan fingerprint density at radius 3 is 2.50 bits per heavy atom. The molecule has 0 saturated carbocycles. The smallest absolute Gasteiger partial charge is 0.191 e. The Morgan fingerprint density at radius 2 is 1.80 bits per heavy atom. The van der Waals surface area contributed by atoms with Crippen molar-refractivity contribution in [1.82, 2.24) is 15.5 Å². The van der Waals surface area contributed by atoms with Crippen molar-refractivity contribution < 1.29 is 9.47 Å². The van der Waals surface area contributed by atoms with E-state index in [-0.39, 0.29) is 0 Å². The minimum absolute atomic E-state index is 0.638. The van der Waals surface area contributed by atoms with Crippen LogP contribution in [0.2, 0.25) is 0 Å². The zero-order valence-corrected chi connectivity index (χ0v) is 13.0. The molecule has 0 unspecified atom stereocenters. The van der Waals surface area contributed by atoms with Crippen LogP contribution in [0.4, 0.5) is 0 Å². The number of piperidine rings is 1. The molecule has 0 bridgehead atoms. The molecule has 0 spiro atoms. The van der Waals surface area contributed by atoms with Gasteiger partial charge >= 0.3 is 0 Å². The minimum Gasteiger partial charge on any atom is -0.382 e.